The molecular weight excluding hydrogens is 324 g/mol. The Morgan fingerprint density at radius 3 is 2.71 bits per heavy atom. The van der Waals surface area contributed by atoms with E-state index in [2.05, 4.69) is 10.3 Å². The first-order valence-corrected chi connectivity index (χ1v) is 8.92. The zero-order valence-electron chi connectivity index (χ0n) is 13.5. The van der Waals surface area contributed by atoms with Crippen molar-refractivity contribution < 1.29 is 14.7 Å². The van der Waals surface area contributed by atoms with Crippen LogP contribution < -0.4 is 5.32 Å². The van der Waals surface area contributed by atoms with E-state index in [0.717, 1.165) is 41.9 Å². The quantitative estimate of drug-likeness (QED) is 0.868. The van der Waals surface area contributed by atoms with Crippen molar-refractivity contribution in [3.8, 4) is 11.3 Å². The van der Waals surface area contributed by atoms with Crippen LogP contribution in [-0.2, 0) is 4.79 Å². The maximum Gasteiger partial charge on any atom is 0.305 e. The summed E-state index contributed by atoms with van der Waals surface area (Å²) in [6.45, 7) is 1.94. The lowest BCUT2D eigenvalue weighted by atomic mass is 9.92. The Morgan fingerprint density at radius 2 is 2.08 bits per heavy atom. The van der Waals surface area contributed by atoms with Crippen molar-refractivity contribution >= 4 is 23.2 Å². The van der Waals surface area contributed by atoms with Gasteiger partial charge in [-0.1, -0.05) is 25.0 Å². The van der Waals surface area contributed by atoms with Gasteiger partial charge in [0.1, 0.15) is 0 Å². The van der Waals surface area contributed by atoms with Crippen LogP contribution in [0.1, 0.15) is 47.5 Å². The van der Waals surface area contributed by atoms with Crippen LogP contribution in [0.15, 0.2) is 29.6 Å². The SMILES string of the molecule is Cc1nc(-c2cccc(C(=O)NC3(CC(=O)O)CCCC3)c2)cs1. The molecule has 1 aliphatic rings. The molecule has 1 amide bonds. The minimum Gasteiger partial charge on any atom is -0.481 e. The van der Waals surface area contributed by atoms with Crippen molar-refractivity contribution in [1.82, 2.24) is 10.3 Å². The van der Waals surface area contributed by atoms with Crippen molar-refractivity contribution in [2.24, 2.45) is 0 Å². The number of amides is 1. The topological polar surface area (TPSA) is 79.3 Å². The average molecular weight is 344 g/mol. The van der Waals surface area contributed by atoms with Gasteiger partial charge in [-0.25, -0.2) is 4.98 Å². The predicted octanol–water partition coefficient (Wildman–Crippen LogP) is 3.64. The maximum absolute atomic E-state index is 12.7. The molecule has 1 aromatic heterocycles. The van der Waals surface area contributed by atoms with Gasteiger partial charge in [-0.15, -0.1) is 11.3 Å². The number of thiazole rings is 1. The molecule has 6 heteroatoms. The summed E-state index contributed by atoms with van der Waals surface area (Å²) in [7, 11) is 0. The molecule has 0 atom stereocenters. The molecule has 1 aliphatic carbocycles. The van der Waals surface area contributed by atoms with Gasteiger partial charge in [0, 0.05) is 16.5 Å². The highest BCUT2D eigenvalue weighted by atomic mass is 32.1. The predicted molar refractivity (Wildman–Crippen MR) is 93.2 cm³/mol. The zero-order chi connectivity index (χ0) is 17.2. The summed E-state index contributed by atoms with van der Waals surface area (Å²) in [6, 6.07) is 7.32. The van der Waals surface area contributed by atoms with Crippen LogP contribution in [0.25, 0.3) is 11.3 Å². The molecular formula is C18H20N2O3S. The van der Waals surface area contributed by atoms with Crippen LogP contribution in [0, 0.1) is 6.92 Å². The summed E-state index contributed by atoms with van der Waals surface area (Å²) >= 11 is 1.57. The van der Waals surface area contributed by atoms with E-state index in [-0.39, 0.29) is 12.3 Å². The van der Waals surface area contributed by atoms with Gasteiger partial charge < -0.3 is 10.4 Å². The van der Waals surface area contributed by atoms with E-state index in [0.29, 0.717) is 5.56 Å². The Kier molecular flexibility index (Phi) is 4.66. The van der Waals surface area contributed by atoms with Crippen LogP contribution in [0.3, 0.4) is 0 Å². The Bertz CT molecular complexity index is 763. The third-order valence-corrected chi connectivity index (χ3v) is 5.24. The molecule has 1 aromatic carbocycles. The number of benzene rings is 1. The first-order valence-electron chi connectivity index (χ1n) is 8.04. The number of carboxylic acid groups (broad SMARTS) is 1. The summed E-state index contributed by atoms with van der Waals surface area (Å²) in [4.78, 5) is 28.3. The number of aryl methyl sites for hydroxylation is 1. The second-order valence-electron chi connectivity index (χ2n) is 6.34. The fourth-order valence-electron chi connectivity index (χ4n) is 3.32. The van der Waals surface area contributed by atoms with Crippen LogP contribution in [0.5, 0.6) is 0 Å². The maximum atomic E-state index is 12.7. The fourth-order valence-corrected chi connectivity index (χ4v) is 3.94. The van der Waals surface area contributed by atoms with Crippen molar-refractivity contribution in [2.45, 2.75) is 44.6 Å². The van der Waals surface area contributed by atoms with Crippen molar-refractivity contribution in [2.75, 3.05) is 0 Å². The van der Waals surface area contributed by atoms with Gasteiger partial charge >= 0.3 is 5.97 Å². The Morgan fingerprint density at radius 1 is 1.33 bits per heavy atom. The molecule has 5 nitrogen and oxygen atoms in total. The molecule has 0 radical (unpaired) electrons. The minimum absolute atomic E-state index is 0.0241. The number of carbonyl (C=O) groups excluding carboxylic acids is 1. The molecule has 0 saturated heterocycles. The molecule has 1 heterocycles. The first kappa shape index (κ1) is 16.6. The summed E-state index contributed by atoms with van der Waals surface area (Å²) in [5, 5.41) is 15.1. The molecule has 0 spiro atoms. The monoisotopic (exact) mass is 344 g/mol. The normalized spacial score (nSPS) is 16.0. The molecule has 0 unspecified atom stereocenters. The van der Waals surface area contributed by atoms with Gasteiger partial charge in [0.25, 0.3) is 5.91 Å². The highest BCUT2D eigenvalue weighted by Crippen LogP contribution is 2.33. The molecule has 24 heavy (non-hydrogen) atoms. The van der Waals surface area contributed by atoms with Crippen molar-refractivity contribution in [1.29, 1.82) is 0 Å². The van der Waals surface area contributed by atoms with E-state index in [1.54, 1.807) is 17.4 Å². The highest BCUT2D eigenvalue weighted by Gasteiger charge is 2.37. The number of rotatable bonds is 5. The fraction of sp³-hybridized carbons (Fsp3) is 0.389. The largest absolute Gasteiger partial charge is 0.481 e. The van der Waals surface area contributed by atoms with E-state index in [1.165, 1.54) is 0 Å². The summed E-state index contributed by atoms with van der Waals surface area (Å²) in [6.07, 6.45) is 3.31. The first-order chi connectivity index (χ1) is 11.5. The number of hydrogen-bond donors (Lipinski definition) is 2. The van der Waals surface area contributed by atoms with Gasteiger partial charge in [-0.05, 0) is 31.9 Å². The second-order valence-corrected chi connectivity index (χ2v) is 7.41. The molecule has 2 aromatic rings. The number of nitrogens with one attached hydrogen (secondary N) is 1. The lowest BCUT2D eigenvalue weighted by molar-refractivity contribution is -0.138. The number of carboxylic acids is 1. The number of hydrogen-bond acceptors (Lipinski definition) is 4. The minimum atomic E-state index is -0.871. The van der Waals surface area contributed by atoms with Gasteiger partial charge in [-0.2, -0.15) is 0 Å². The Hall–Kier alpha value is -2.21. The van der Waals surface area contributed by atoms with Crippen LogP contribution in [0.4, 0.5) is 0 Å². The zero-order valence-corrected chi connectivity index (χ0v) is 14.4. The molecule has 1 saturated carbocycles. The summed E-state index contributed by atoms with van der Waals surface area (Å²) in [5.74, 6) is -1.09. The third kappa shape index (κ3) is 3.64. The van der Waals surface area contributed by atoms with Gasteiger partial charge in [0.05, 0.1) is 22.7 Å². The second kappa shape index (κ2) is 6.73. The van der Waals surface area contributed by atoms with Gasteiger partial charge in [0.15, 0.2) is 0 Å². The third-order valence-electron chi connectivity index (χ3n) is 4.47. The Balaban J connectivity index is 1.81. The lowest BCUT2D eigenvalue weighted by Crippen LogP contribution is -2.47. The highest BCUT2D eigenvalue weighted by molar-refractivity contribution is 7.09. The molecule has 126 valence electrons. The van der Waals surface area contributed by atoms with Crippen LogP contribution in [0.2, 0.25) is 0 Å². The summed E-state index contributed by atoms with van der Waals surface area (Å²) < 4.78 is 0. The van der Waals surface area contributed by atoms with E-state index in [9.17, 15) is 9.59 Å². The van der Waals surface area contributed by atoms with E-state index in [4.69, 9.17) is 5.11 Å². The smallest absolute Gasteiger partial charge is 0.305 e. The summed E-state index contributed by atoms with van der Waals surface area (Å²) in [5.41, 5.74) is 1.67. The van der Waals surface area contributed by atoms with E-state index >= 15 is 0 Å². The number of aromatic nitrogens is 1. The van der Waals surface area contributed by atoms with Crippen molar-refractivity contribution in [3.05, 3.63) is 40.2 Å². The lowest BCUT2D eigenvalue weighted by Gasteiger charge is -2.28. The van der Waals surface area contributed by atoms with Crippen molar-refractivity contribution in [3.63, 3.8) is 0 Å². The Labute approximate surface area is 144 Å². The molecule has 3 rings (SSSR count). The van der Waals surface area contributed by atoms with Crippen LogP contribution in [-0.4, -0.2) is 27.5 Å². The molecule has 0 aliphatic heterocycles. The molecule has 0 bridgehead atoms. The number of carbonyl (C=O) groups is 2. The average Bonchev–Trinajstić information content (AvgIpc) is 3.16. The van der Waals surface area contributed by atoms with E-state index < -0.39 is 11.5 Å². The molecule has 1 fully saturated rings. The molecule has 2 N–H and O–H groups in total. The van der Waals surface area contributed by atoms with Crippen LogP contribution >= 0.6 is 11.3 Å². The number of aliphatic carboxylic acids is 1. The van der Waals surface area contributed by atoms with Gasteiger partial charge in [-0.3, -0.25) is 9.59 Å². The number of nitrogens with zero attached hydrogens (tertiary/aromatic N) is 1. The van der Waals surface area contributed by atoms with E-state index in [1.807, 2.05) is 30.5 Å². The van der Waals surface area contributed by atoms with Gasteiger partial charge in [0.2, 0.25) is 0 Å². The standard InChI is InChI=1S/C18H20N2O3S/c1-12-19-15(11-24-12)13-5-4-6-14(9-13)17(23)20-18(10-16(21)22)7-2-3-8-18/h4-6,9,11H,2-3,7-8,10H2,1H3,(H,20,23)(H,21,22).